The third kappa shape index (κ3) is 5.29. The van der Waals surface area contributed by atoms with E-state index in [4.69, 9.17) is 16.3 Å². The molecule has 2 aliphatic heterocycles. The number of morpholine rings is 1. The number of carbonyl (C=O) groups is 2. The van der Waals surface area contributed by atoms with Crippen molar-refractivity contribution in [2.75, 3.05) is 36.1 Å². The summed E-state index contributed by atoms with van der Waals surface area (Å²) in [5.74, 6) is 0.677. The zero-order valence-corrected chi connectivity index (χ0v) is 24.0. The van der Waals surface area contributed by atoms with Gasteiger partial charge in [0.05, 0.1) is 28.3 Å². The Morgan fingerprint density at radius 2 is 1.82 bits per heavy atom. The van der Waals surface area contributed by atoms with Gasteiger partial charge in [-0.3, -0.25) is 9.59 Å². The smallest absolute Gasteiger partial charge is 0.261 e. The summed E-state index contributed by atoms with van der Waals surface area (Å²) < 4.78 is 6.31. The molecule has 0 bridgehead atoms. The number of anilines is 2. The molecule has 2 aliphatic rings. The monoisotopic (exact) mass is 575 g/mol. The Kier molecular flexibility index (Phi) is 7.44. The minimum atomic E-state index is -0.157. The van der Waals surface area contributed by atoms with E-state index in [1.54, 1.807) is 13.0 Å². The van der Waals surface area contributed by atoms with Gasteiger partial charge in [0.1, 0.15) is 0 Å². The number of rotatable bonds is 5. The first-order valence-corrected chi connectivity index (χ1v) is 14.7. The molecule has 206 valence electrons. The van der Waals surface area contributed by atoms with Gasteiger partial charge in [-0.15, -0.1) is 11.3 Å². The van der Waals surface area contributed by atoms with Crippen molar-refractivity contribution >= 4 is 56.5 Å². The molecule has 40 heavy (non-hydrogen) atoms. The Balaban J connectivity index is 1.14. The fourth-order valence-corrected chi connectivity index (χ4v) is 6.69. The summed E-state index contributed by atoms with van der Waals surface area (Å²) >= 11 is 7.58. The number of halogens is 1. The van der Waals surface area contributed by atoms with Crippen LogP contribution in [0.2, 0.25) is 5.28 Å². The van der Waals surface area contributed by atoms with Gasteiger partial charge < -0.3 is 19.9 Å². The van der Waals surface area contributed by atoms with Crippen molar-refractivity contribution < 1.29 is 14.3 Å². The molecule has 0 saturated carbocycles. The van der Waals surface area contributed by atoms with Gasteiger partial charge in [-0.1, -0.05) is 30.3 Å². The summed E-state index contributed by atoms with van der Waals surface area (Å²) in [4.78, 5) is 38.6. The zero-order valence-electron chi connectivity index (χ0n) is 22.4. The predicted molar refractivity (Wildman–Crippen MR) is 159 cm³/mol. The van der Waals surface area contributed by atoms with Gasteiger partial charge in [-0.25, -0.2) is 4.98 Å². The number of ether oxygens (including phenoxy) is 1. The van der Waals surface area contributed by atoms with Crippen molar-refractivity contribution in [3.63, 3.8) is 0 Å². The number of benzene rings is 2. The van der Waals surface area contributed by atoms with Crippen molar-refractivity contribution in [2.24, 2.45) is 0 Å². The molecular weight excluding hydrogens is 546 g/mol. The van der Waals surface area contributed by atoms with Gasteiger partial charge in [-0.05, 0) is 71.8 Å². The van der Waals surface area contributed by atoms with Crippen LogP contribution < -0.4 is 15.1 Å². The molecule has 1 fully saturated rings. The lowest BCUT2D eigenvalue weighted by Gasteiger charge is -2.34. The van der Waals surface area contributed by atoms with Crippen LogP contribution in [0.4, 0.5) is 11.5 Å². The second-order valence-electron chi connectivity index (χ2n) is 10.2. The Hall–Kier alpha value is -3.53. The molecule has 1 saturated heterocycles. The lowest BCUT2D eigenvalue weighted by atomic mass is 9.93. The quantitative estimate of drug-likeness (QED) is 0.318. The molecule has 4 heterocycles. The molecule has 0 spiro atoms. The molecule has 2 aromatic carbocycles. The van der Waals surface area contributed by atoms with Crippen LogP contribution in [0.15, 0.2) is 48.5 Å². The van der Waals surface area contributed by atoms with Crippen LogP contribution in [0.1, 0.15) is 41.1 Å². The van der Waals surface area contributed by atoms with Crippen LogP contribution in [0.25, 0.3) is 21.3 Å². The first-order valence-electron chi connectivity index (χ1n) is 13.5. The maximum Gasteiger partial charge on any atom is 0.261 e. The van der Waals surface area contributed by atoms with E-state index in [2.05, 4.69) is 57.4 Å². The van der Waals surface area contributed by atoms with E-state index in [1.165, 1.54) is 16.9 Å². The topological polar surface area (TPSA) is 87.7 Å². The van der Waals surface area contributed by atoms with Crippen LogP contribution in [-0.4, -0.2) is 54.1 Å². The molecule has 2 amide bonds. The fourth-order valence-electron chi connectivity index (χ4n) is 5.48. The Labute approximate surface area is 241 Å². The summed E-state index contributed by atoms with van der Waals surface area (Å²) in [6.45, 7) is 6.84. The van der Waals surface area contributed by atoms with E-state index in [0.717, 1.165) is 58.8 Å². The minimum absolute atomic E-state index is 0.0810. The van der Waals surface area contributed by atoms with E-state index >= 15 is 0 Å². The van der Waals surface area contributed by atoms with Crippen molar-refractivity contribution in [1.29, 1.82) is 0 Å². The lowest BCUT2D eigenvalue weighted by molar-refractivity contribution is -0.117. The molecule has 0 aliphatic carbocycles. The number of aryl methyl sites for hydroxylation is 1. The normalized spacial score (nSPS) is 17.1. The first-order chi connectivity index (χ1) is 19.4. The highest BCUT2D eigenvalue weighted by molar-refractivity contribution is 7.21. The fraction of sp³-hybridized carbons (Fsp3) is 0.333. The van der Waals surface area contributed by atoms with Crippen molar-refractivity contribution in [1.82, 2.24) is 15.3 Å². The highest BCUT2D eigenvalue weighted by Crippen LogP contribution is 2.35. The molecule has 0 radical (unpaired) electrons. The number of nitrogens with zero attached hydrogens (tertiary/aromatic N) is 4. The second-order valence-corrected chi connectivity index (χ2v) is 11.6. The van der Waals surface area contributed by atoms with E-state index in [1.807, 2.05) is 17.0 Å². The molecular formula is C30H30ClN5O3S. The van der Waals surface area contributed by atoms with E-state index in [-0.39, 0.29) is 23.1 Å². The van der Waals surface area contributed by atoms with Gasteiger partial charge >= 0.3 is 0 Å². The van der Waals surface area contributed by atoms with Gasteiger partial charge in [0.25, 0.3) is 5.91 Å². The first kappa shape index (κ1) is 26.7. The van der Waals surface area contributed by atoms with Crippen LogP contribution in [0.5, 0.6) is 0 Å². The number of hydrogen-bond donors (Lipinski definition) is 1. The van der Waals surface area contributed by atoms with Crippen molar-refractivity contribution in [3.05, 3.63) is 69.8 Å². The lowest BCUT2D eigenvalue weighted by Crippen LogP contribution is -2.40. The number of carbonyl (C=O) groups excluding carboxylic acids is 2. The molecule has 2 aromatic heterocycles. The summed E-state index contributed by atoms with van der Waals surface area (Å²) in [5, 5.41) is 3.20. The third-order valence-electron chi connectivity index (χ3n) is 7.55. The average Bonchev–Trinajstić information content (AvgIpc) is 3.40. The number of amides is 2. The minimum Gasteiger partial charge on any atom is -0.378 e. The molecule has 4 aromatic rings. The van der Waals surface area contributed by atoms with Gasteiger partial charge in [0.2, 0.25) is 11.2 Å². The van der Waals surface area contributed by atoms with Crippen molar-refractivity contribution in [3.8, 4) is 11.1 Å². The largest absolute Gasteiger partial charge is 0.378 e. The molecule has 10 heteroatoms. The standard InChI is InChI=1S/C30H30ClN5O3S/c1-18-3-6-23-15-22(9-10-25(23)36(18)19(2)37)21-7-4-20(5-8-21)17-32-29(38)26-16-24-27(40-26)28(34-30(31)33-24)35-11-13-39-14-12-35/h4-5,7-10,15-16,18H,3,6,11-14,17H2,1-2H3,(H,32,38)/t18-/m0/s1. The number of fused-ring (bicyclic) bond motifs is 2. The summed E-state index contributed by atoms with van der Waals surface area (Å²) in [5.41, 5.74) is 6.11. The highest BCUT2D eigenvalue weighted by atomic mass is 35.5. The van der Waals surface area contributed by atoms with Gasteiger partial charge in [-0.2, -0.15) is 4.98 Å². The Bertz CT molecular complexity index is 1580. The van der Waals surface area contributed by atoms with Crippen molar-refractivity contribution in [2.45, 2.75) is 39.3 Å². The number of hydrogen-bond acceptors (Lipinski definition) is 7. The maximum absolute atomic E-state index is 13.0. The SMILES string of the molecule is CC(=O)N1c2ccc(-c3ccc(CNC(=O)c4cc5nc(Cl)nc(N6CCOCC6)c5s4)cc3)cc2CC[C@@H]1C. The van der Waals surface area contributed by atoms with Crippen LogP contribution in [-0.2, 0) is 22.5 Å². The van der Waals surface area contributed by atoms with Crippen LogP contribution >= 0.6 is 22.9 Å². The number of aromatic nitrogens is 2. The predicted octanol–water partition coefficient (Wildman–Crippen LogP) is 5.47. The molecule has 6 rings (SSSR count). The van der Waals surface area contributed by atoms with E-state index in [0.29, 0.717) is 30.2 Å². The number of nitrogens with one attached hydrogen (secondary N) is 1. The van der Waals surface area contributed by atoms with E-state index in [9.17, 15) is 9.59 Å². The molecule has 1 atom stereocenters. The van der Waals surface area contributed by atoms with Gasteiger partial charge in [0.15, 0.2) is 5.82 Å². The Morgan fingerprint density at radius 1 is 1.07 bits per heavy atom. The highest BCUT2D eigenvalue weighted by Gasteiger charge is 2.26. The Morgan fingerprint density at radius 3 is 2.58 bits per heavy atom. The molecule has 8 nitrogen and oxygen atoms in total. The second kappa shape index (κ2) is 11.2. The summed E-state index contributed by atoms with van der Waals surface area (Å²) in [7, 11) is 0. The summed E-state index contributed by atoms with van der Waals surface area (Å²) in [6.07, 6.45) is 1.92. The average molecular weight is 576 g/mol. The maximum atomic E-state index is 13.0. The summed E-state index contributed by atoms with van der Waals surface area (Å²) in [6, 6.07) is 16.5. The number of thiophene rings is 1. The molecule has 0 unspecified atom stereocenters. The van der Waals surface area contributed by atoms with Crippen LogP contribution in [0, 0.1) is 0 Å². The van der Waals surface area contributed by atoms with E-state index < -0.39 is 0 Å². The molecule has 1 N–H and O–H groups in total. The van der Waals surface area contributed by atoms with Crippen LogP contribution in [0.3, 0.4) is 0 Å². The van der Waals surface area contributed by atoms with Gasteiger partial charge in [0, 0.05) is 38.3 Å². The zero-order chi connectivity index (χ0) is 27.8. The third-order valence-corrected chi connectivity index (χ3v) is 8.84.